The van der Waals surface area contributed by atoms with E-state index in [2.05, 4.69) is 10.5 Å². The van der Waals surface area contributed by atoms with Gasteiger partial charge in [0.2, 0.25) is 0 Å². The molecule has 1 aliphatic rings. The Morgan fingerprint density at radius 3 is 2.50 bits per heavy atom. The van der Waals surface area contributed by atoms with Gasteiger partial charge in [0.05, 0.1) is 12.8 Å². The van der Waals surface area contributed by atoms with Gasteiger partial charge in [-0.3, -0.25) is 4.79 Å². The SMILES string of the molecule is COc1ccc(OCC(=O)N/N=C(/C)c2ccc3c(c2)OCCO3)cc1. The van der Waals surface area contributed by atoms with Crippen LogP contribution in [0.1, 0.15) is 12.5 Å². The molecule has 0 saturated heterocycles. The van der Waals surface area contributed by atoms with Gasteiger partial charge in [-0.15, -0.1) is 0 Å². The standard InChI is InChI=1S/C19H20N2O5/c1-13(14-3-8-17-18(11-14)25-10-9-24-17)20-21-19(22)12-26-16-6-4-15(23-2)5-7-16/h3-8,11H,9-10,12H2,1-2H3,(H,21,22)/b20-13-. The van der Waals surface area contributed by atoms with E-state index >= 15 is 0 Å². The second-order valence-electron chi connectivity index (χ2n) is 5.55. The third-order valence-corrected chi connectivity index (χ3v) is 3.74. The van der Waals surface area contributed by atoms with Crippen LogP contribution in [0.5, 0.6) is 23.0 Å². The van der Waals surface area contributed by atoms with Crippen molar-refractivity contribution >= 4 is 11.6 Å². The highest BCUT2D eigenvalue weighted by molar-refractivity contribution is 5.99. The van der Waals surface area contributed by atoms with Crippen LogP contribution in [0.2, 0.25) is 0 Å². The van der Waals surface area contributed by atoms with Crippen LogP contribution in [-0.4, -0.2) is 38.5 Å². The van der Waals surface area contributed by atoms with Crippen LogP contribution in [0.4, 0.5) is 0 Å². The molecule has 0 atom stereocenters. The maximum atomic E-state index is 11.9. The molecule has 2 aromatic carbocycles. The third-order valence-electron chi connectivity index (χ3n) is 3.74. The molecule has 3 rings (SSSR count). The largest absolute Gasteiger partial charge is 0.497 e. The van der Waals surface area contributed by atoms with Crippen molar-refractivity contribution in [2.75, 3.05) is 26.9 Å². The molecule has 0 unspecified atom stereocenters. The van der Waals surface area contributed by atoms with Crippen molar-refractivity contribution in [3.05, 3.63) is 48.0 Å². The Morgan fingerprint density at radius 2 is 1.77 bits per heavy atom. The summed E-state index contributed by atoms with van der Waals surface area (Å²) in [6, 6.07) is 12.5. The van der Waals surface area contributed by atoms with Crippen molar-refractivity contribution in [2.45, 2.75) is 6.92 Å². The lowest BCUT2D eigenvalue weighted by Crippen LogP contribution is -2.25. The molecule has 1 aliphatic heterocycles. The Labute approximate surface area is 151 Å². The summed E-state index contributed by atoms with van der Waals surface area (Å²) < 4.78 is 21.5. The number of benzene rings is 2. The Balaban J connectivity index is 1.53. The molecule has 0 bridgehead atoms. The second-order valence-corrected chi connectivity index (χ2v) is 5.55. The van der Waals surface area contributed by atoms with Gasteiger partial charge in [0, 0.05) is 5.56 Å². The average Bonchev–Trinajstić information content (AvgIpc) is 2.70. The molecule has 0 aromatic heterocycles. The minimum absolute atomic E-state index is 0.135. The van der Waals surface area contributed by atoms with Crippen molar-refractivity contribution in [3.8, 4) is 23.0 Å². The lowest BCUT2D eigenvalue weighted by atomic mass is 10.1. The first-order valence-corrected chi connectivity index (χ1v) is 8.16. The molecule has 26 heavy (non-hydrogen) atoms. The van der Waals surface area contributed by atoms with Crippen molar-refractivity contribution < 1.29 is 23.7 Å². The second kappa shape index (κ2) is 8.24. The predicted molar refractivity (Wildman–Crippen MR) is 96.3 cm³/mol. The van der Waals surface area contributed by atoms with Crippen molar-refractivity contribution in [1.29, 1.82) is 0 Å². The van der Waals surface area contributed by atoms with Gasteiger partial charge in [0.1, 0.15) is 24.7 Å². The van der Waals surface area contributed by atoms with E-state index in [1.807, 2.05) is 18.2 Å². The van der Waals surface area contributed by atoms with Crippen LogP contribution < -0.4 is 24.4 Å². The fraction of sp³-hybridized carbons (Fsp3) is 0.263. The van der Waals surface area contributed by atoms with E-state index < -0.39 is 0 Å². The summed E-state index contributed by atoms with van der Waals surface area (Å²) in [7, 11) is 1.59. The van der Waals surface area contributed by atoms with E-state index in [-0.39, 0.29) is 12.5 Å². The third kappa shape index (κ3) is 4.44. The van der Waals surface area contributed by atoms with E-state index in [1.54, 1.807) is 38.3 Å². The minimum atomic E-state index is -0.349. The first kappa shape index (κ1) is 17.6. The lowest BCUT2D eigenvalue weighted by molar-refractivity contribution is -0.123. The number of rotatable bonds is 6. The Bertz CT molecular complexity index is 802. The maximum absolute atomic E-state index is 11.9. The van der Waals surface area contributed by atoms with Gasteiger partial charge >= 0.3 is 0 Å². The van der Waals surface area contributed by atoms with Crippen LogP contribution in [0.3, 0.4) is 0 Å². The Morgan fingerprint density at radius 1 is 1.08 bits per heavy atom. The number of carbonyl (C=O) groups excluding carboxylic acids is 1. The number of nitrogens with one attached hydrogen (secondary N) is 1. The number of methoxy groups -OCH3 is 1. The van der Waals surface area contributed by atoms with Crippen LogP contribution in [0.15, 0.2) is 47.6 Å². The number of hydrogen-bond acceptors (Lipinski definition) is 6. The fourth-order valence-corrected chi connectivity index (χ4v) is 2.33. The van der Waals surface area contributed by atoms with Gasteiger partial charge in [-0.25, -0.2) is 5.43 Å². The van der Waals surface area contributed by atoms with Gasteiger partial charge in [-0.1, -0.05) is 0 Å². The lowest BCUT2D eigenvalue weighted by Gasteiger charge is -2.18. The van der Waals surface area contributed by atoms with Crippen LogP contribution >= 0.6 is 0 Å². The first-order valence-electron chi connectivity index (χ1n) is 8.16. The molecular formula is C19H20N2O5. The molecule has 1 heterocycles. The fourth-order valence-electron chi connectivity index (χ4n) is 2.33. The molecule has 1 amide bonds. The van der Waals surface area contributed by atoms with Gasteiger partial charge in [0.15, 0.2) is 18.1 Å². The van der Waals surface area contributed by atoms with Crippen LogP contribution in [-0.2, 0) is 4.79 Å². The summed E-state index contributed by atoms with van der Waals surface area (Å²) in [6.45, 7) is 2.73. The van der Waals surface area contributed by atoms with E-state index in [0.717, 1.165) is 11.3 Å². The Hall–Kier alpha value is -3.22. The number of hydrogen-bond donors (Lipinski definition) is 1. The number of hydrazone groups is 1. The number of ether oxygens (including phenoxy) is 4. The van der Waals surface area contributed by atoms with Gasteiger partial charge < -0.3 is 18.9 Å². The average molecular weight is 356 g/mol. The summed E-state index contributed by atoms with van der Waals surface area (Å²) in [5.74, 6) is 2.34. The molecule has 0 spiro atoms. The molecule has 0 radical (unpaired) electrons. The number of nitrogens with zero attached hydrogens (tertiary/aromatic N) is 1. The van der Waals surface area contributed by atoms with Crippen LogP contribution in [0, 0.1) is 0 Å². The van der Waals surface area contributed by atoms with Crippen molar-refractivity contribution in [2.24, 2.45) is 5.10 Å². The Kier molecular flexibility index (Phi) is 5.58. The van der Waals surface area contributed by atoms with Gasteiger partial charge in [-0.05, 0) is 49.4 Å². The summed E-state index contributed by atoms with van der Waals surface area (Å²) >= 11 is 0. The predicted octanol–water partition coefficient (Wildman–Crippen LogP) is 2.39. The van der Waals surface area contributed by atoms with E-state index in [1.165, 1.54) is 0 Å². The van der Waals surface area contributed by atoms with Crippen LogP contribution in [0.25, 0.3) is 0 Å². The van der Waals surface area contributed by atoms with Gasteiger partial charge in [-0.2, -0.15) is 5.10 Å². The highest BCUT2D eigenvalue weighted by Crippen LogP contribution is 2.30. The minimum Gasteiger partial charge on any atom is -0.497 e. The summed E-state index contributed by atoms with van der Waals surface area (Å²) in [5, 5.41) is 4.10. The smallest absolute Gasteiger partial charge is 0.277 e. The molecule has 0 saturated carbocycles. The first-order chi connectivity index (χ1) is 12.7. The van der Waals surface area contributed by atoms with E-state index in [9.17, 15) is 4.79 Å². The molecule has 2 aromatic rings. The molecule has 1 N–H and O–H groups in total. The molecule has 0 fully saturated rings. The molecule has 0 aliphatic carbocycles. The van der Waals surface area contributed by atoms with Crippen molar-refractivity contribution in [3.63, 3.8) is 0 Å². The zero-order valence-corrected chi connectivity index (χ0v) is 14.7. The highest BCUT2D eigenvalue weighted by Gasteiger charge is 2.12. The molecular weight excluding hydrogens is 336 g/mol. The summed E-state index contributed by atoms with van der Waals surface area (Å²) in [6.07, 6.45) is 0. The highest BCUT2D eigenvalue weighted by atomic mass is 16.6. The quantitative estimate of drug-likeness (QED) is 0.635. The molecule has 136 valence electrons. The summed E-state index contributed by atoms with van der Waals surface area (Å²) in [5.41, 5.74) is 3.97. The molecule has 7 heteroatoms. The number of carbonyl (C=O) groups is 1. The van der Waals surface area contributed by atoms with Gasteiger partial charge in [0.25, 0.3) is 5.91 Å². The zero-order valence-electron chi connectivity index (χ0n) is 14.7. The normalized spacial score (nSPS) is 13.1. The van der Waals surface area contributed by atoms with Crippen molar-refractivity contribution in [1.82, 2.24) is 5.43 Å². The maximum Gasteiger partial charge on any atom is 0.277 e. The monoisotopic (exact) mass is 356 g/mol. The topological polar surface area (TPSA) is 78.4 Å². The summed E-state index contributed by atoms with van der Waals surface area (Å²) in [4.78, 5) is 11.9. The van der Waals surface area contributed by atoms with E-state index in [4.69, 9.17) is 18.9 Å². The number of fused-ring (bicyclic) bond motifs is 1. The number of amides is 1. The zero-order chi connectivity index (χ0) is 18.4. The molecule has 7 nitrogen and oxygen atoms in total. The van der Waals surface area contributed by atoms with E-state index in [0.29, 0.717) is 36.2 Å².